The van der Waals surface area contributed by atoms with Crippen LogP contribution in [0.1, 0.15) is 32.8 Å². The molecule has 1 fully saturated rings. The van der Waals surface area contributed by atoms with E-state index in [-0.39, 0.29) is 6.10 Å². The number of rotatable bonds is 6. The van der Waals surface area contributed by atoms with Gasteiger partial charge in [-0.3, -0.25) is 0 Å². The van der Waals surface area contributed by atoms with Crippen LogP contribution < -0.4 is 10.1 Å². The highest BCUT2D eigenvalue weighted by molar-refractivity contribution is 5.33. The zero-order chi connectivity index (χ0) is 13.7. The summed E-state index contributed by atoms with van der Waals surface area (Å²) in [6.07, 6.45) is 1.37. The van der Waals surface area contributed by atoms with E-state index in [0.717, 1.165) is 31.9 Å². The van der Waals surface area contributed by atoms with Gasteiger partial charge in [-0.15, -0.1) is 0 Å². The first-order chi connectivity index (χ1) is 9.16. The summed E-state index contributed by atoms with van der Waals surface area (Å²) in [6, 6.07) is 8.74. The zero-order valence-corrected chi connectivity index (χ0v) is 12.2. The van der Waals surface area contributed by atoms with Gasteiger partial charge < -0.3 is 14.8 Å². The first-order valence-corrected chi connectivity index (χ1v) is 7.22. The Kier molecular flexibility index (Phi) is 5.23. The lowest BCUT2D eigenvalue weighted by molar-refractivity contribution is 0.178. The molecule has 2 atom stereocenters. The van der Waals surface area contributed by atoms with Gasteiger partial charge in [0.2, 0.25) is 0 Å². The van der Waals surface area contributed by atoms with Crippen LogP contribution in [0, 0.1) is 5.92 Å². The Morgan fingerprint density at radius 3 is 2.79 bits per heavy atom. The van der Waals surface area contributed by atoms with Crippen molar-refractivity contribution in [3.8, 4) is 5.75 Å². The third-order valence-corrected chi connectivity index (χ3v) is 3.62. The van der Waals surface area contributed by atoms with Crippen molar-refractivity contribution >= 4 is 0 Å². The molecule has 0 aromatic heterocycles. The van der Waals surface area contributed by atoms with E-state index in [0.29, 0.717) is 12.0 Å². The fourth-order valence-electron chi connectivity index (χ4n) is 2.40. The van der Waals surface area contributed by atoms with E-state index in [4.69, 9.17) is 9.47 Å². The molecule has 1 aliphatic heterocycles. The maximum absolute atomic E-state index is 5.84. The van der Waals surface area contributed by atoms with Crippen LogP contribution in [0.25, 0.3) is 0 Å². The second-order valence-corrected chi connectivity index (χ2v) is 5.57. The molecule has 3 nitrogen and oxygen atoms in total. The average molecular weight is 263 g/mol. The highest BCUT2D eigenvalue weighted by Crippen LogP contribution is 2.21. The van der Waals surface area contributed by atoms with Gasteiger partial charge in [0, 0.05) is 24.8 Å². The first-order valence-electron chi connectivity index (χ1n) is 7.22. The summed E-state index contributed by atoms with van der Waals surface area (Å²) in [5, 5.41) is 3.59. The lowest BCUT2D eigenvalue weighted by atomic mass is 10.0. The van der Waals surface area contributed by atoms with Gasteiger partial charge in [0.05, 0.1) is 12.7 Å². The van der Waals surface area contributed by atoms with Crippen molar-refractivity contribution in [1.29, 1.82) is 0 Å². The normalized spacial score (nSPS) is 20.7. The van der Waals surface area contributed by atoms with E-state index in [1.54, 1.807) is 0 Å². The smallest absolute Gasteiger partial charge is 0.124 e. The van der Waals surface area contributed by atoms with Crippen LogP contribution in [-0.4, -0.2) is 25.4 Å². The largest absolute Gasteiger partial charge is 0.491 e. The summed E-state index contributed by atoms with van der Waals surface area (Å²) in [5.41, 5.74) is 1.22. The Labute approximate surface area is 116 Å². The van der Waals surface area contributed by atoms with E-state index in [2.05, 4.69) is 38.2 Å². The molecule has 0 aliphatic carbocycles. The molecule has 2 rings (SSSR count). The van der Waals surface area contributed by atoms with E-state index >= 15 is 0 Å². The van der Waals surface area contributed by atoms with Crippen LogP contribution >= 0.6 is 0 Å². The summed E-state index contributed by atoms with van der Waals surface area (Å²) >= 11 is 0. The van der Waals surface area contributed by atoms with Crippen molar-refractivity contribution in [2.24, 2.45) is 5.92 Å². The first kappa shape index (κ1) is 14.4. The number of nitrogens with one attached hydrogen (secondary N) is 1. The van der Waals surface area contributed by atoms with Crippen molar-refractivity contribution in [1.82, 2.24) is 5.32 Å². The maximum atomic E-state index is 5.84. The third kappa shape index (κ3) is 4.22. The molecule has 2 unspecified atom stereocenters. The molecule has 106 valence electrons. The monoisotopic (exact) mass is 263 g/mol. The van der Waals surface area contributed by atoms with Crippen molar-refractivity contribution in [2.75, 3.05) is 13.2 Å². The van der Waals surface area contributed by atoms with Gasteiger partial charge in [0.1, 0.15) is 5.75 Å². The van der Waals surface area contributed by atoms with E-state index in [9.17, 15) is 0 Å². The van der Waals surface area contributed by atoms with E-state index in [1.165, 1.54) is 5.56 Å². The minimum absolute atomic E-state index is 0.210. The van der Waals surface area contributed by atoms with Gasteiger partial charge in [0.15, 0.2) is 0 Å². The molecule has 0 bridgehead atoms. The molecular formula is C16H25NO2. The summed E-state index contributed by atoms with van der Waals surface area (Å²) in [5.74, 6) is 1.62. The van der Waals surface area contributed by atoms with Crippen molar-refractivity contribution in [2.45, 2.75) is 45.9 Å². The highest BCUT2D eigenvalue weighted by Gasteiger charge is 2.21. The van der Waals surface area contributed by atoms with E-state index in [1.807, 2.05) is 12.1 Å². The van der Waals surface area contributed by atoms with Crippen LogP contribution in [0.15, 0.2) is 24.3 Å². The van der Waals surface area contributed by atoms with E-state index < -0.39 is 0 Å². The summed E-state index contributed by atoms with van der Waals surface area (Å²) in [4.78, 5) is 0. The number of ether oxygens (including phenoxy) is 2. The van der Waals surface area contributed by atoms with Gasteiger partial charge in [0.25, 0.3) is 0 Å². The number of hydrogen-bond acceptors (Lipinski definition) is 3. The molecule has 19 heavy (non-hydrogen) atoms. The SMILES string of the molecule is CC(C)Oc1ccccc1CNC(C)C1CCOC1. The van der Waals surface area contributed by atoms with Crippen molar-refractivity contribution < 1.29 is 9.47 Å². The molecule has 1 aliphatic rings. The second kappa shape index (κ2) is 6.92. The highest BCUT2D eigenvalue weighted by atomic mass is 16.5. The van der Waals surface area contributed by atoms with Crippen molar-refractivity contribution in [3.63, 3.8) is 0 Å². The fourth-order valence-corrected chi connectivity index (χ4v) is 2.40. The minimum Gasteiger partial charge on any atom is -0.491 e. The zero-order valence-electron chi connectivity index (χ0n) is 12.2. The van der Waals surface area contributed by atoms with Gasteiger partial charge in [-0.05, 0) is 39.2 Å². The Morgan fingerprint density at radius 2 is 2.11 bits per heavy atom. The van der Waals surface area contributed by atoms with Gasteiger partial charge in [-0.2, -0.15) is 0 Å². The maximum Gasteiger partial charge on any atom is 0.124 e. The molecule has 0 saturated carbocycles. The Morgan fingerprint density at radius 1 is 1.32 bits per heavy atom. The Bertz CT molecular complexity index is 386. The molecule has 1 saturated heterocycles. The molecule has 1 heterocycles. The fraction of sp³-hybridized carbons (Fsp3) is 0.625. The van der Waals surface area contributed by atoms with Crippen LogP contribution in [-0.2, 0) is 11.3 Å². The van der Waals surface area contributed by atoms with Crippen LogP contribution in [0.3, 0.4) is 0 Å². The third-order valence-electron chi connectivity index (χ3n) is 3.62. The Balaban J connectivity index is 1.91. The molecule has 1 aromatic carbocycles. The summed E-state index contributed by atoms with van der Waals surface area (Å²) in [6.45, 7) is 9.00. The van der Waals surface area contributed by atoms with Crippen molar-refractivity contribution in [3.05, 3.63) is 29.8 Å². The standard InChI is InChI=1S/C16H25NO2/c1-12(2)19-16-7-5-4-6-14(16)10-17-13(3)15-8-9-18-11-15/h4-7,12-13,15,17H,8-11H2,1-3H3. The van der Waals surface area contributed by atoms with Crippen LogP contribution in [0.4, 0.5) is 0 Å². The summed E-state index contributed by atoms with van der Waals surface area (Å²) in [7, 11) is 0. The topological polar surface area (TPSA) is 30.5 Å². The van der Waals surface area contributed by atoms with Crippen LogP contribution in [0.2, 0.25) is 0 Å². The van der Waals surface area contributed by atoms with Gasteiger partial charge in [-0.1, -0.05) is 18.2 Å². The van der Waals surface area contributed by atoms with Gasteiger partial charge in [-0.25, -0.2) is 0 Å². The number of benzene rings is 1. The lowest BCUT2D eigenvalue weighted by Gasteiger charge is -2.21. The number of para-hydroxylation sites is 1. The molecule has 1 N–H and O–H groups in total. The lowest BCUT2D eigenvalue weighted by Crippen LogP contribution is -2.33. The molecular weight excluding hydrogens is 238 g/mol. The molecule has 0 amide bonds. The van der Waals surface area contributed by atoms with Gasteiger partial charge >= 0.3 is 0 Å². The predicted molar refractivity (Wildman–Crippen MR) is 77.4 cm³/mol. The number of hydrogen-bond donors (Lipinski definition) is 1. The quantitative estimate of drug-likeness (QED) is 0.856. The minimum atomic E-state index is 0.210. The average Bonchev–Trinajstić information content (AvgIpc) is 2.90. The predicted octanol–water partition coefficient (Wildman–Crippen LogP) is 2.99. The molecule has 0 spiro atoms. The molecule has 1 aromatic rings. The molecule has 3 heteroatoms. The second-order valence-electron chi connectivity index (χ2n) is 5.57. The van der Waals surface area contributed by atoms with Crippen LogP contribution in [0.5, 0.6) is 5.75 Å². The summed E-state index contributed by atoms with van der Waals surface area (Å²) < 4.78 is 11.3. The Hall–Kier alpha value is -1.06. The molecule has 0 radical (unpaired) electrons.